The van der Waals surface area contributed by atoms with Crippen LogP contribution in [-0.2, 0) is 0 Å². The Bertz CT molecular complexity index is 659. The number of hydrogen-bond donors (Lipinski definition) is 2. The van der Waals surface area contributed by atoms with E-state index < -0.39 is 4.92 Å². The molecule has 0 saturated carbocycles. The minimum absolute atomic E-state index is 0.0168. The van der Waals surface area contributed by atoms with Crippen LogP contribution in [0, 0.1) is 17.0 Å². The van der Waals surface area contributed by atoms with E-state index >= 15 is 0 Å². The molecule has 5 nitrogen and oxygen atoms in total. The molecule has 0 aromatic heterocycles. The lowest BCUT2D eigenvalue weighted by molar-refractivity contribution is -0.384. The molecule has 2 aromatic carbocycles. The van der Waals surface area contributed by atoms with Crippen molar-refractivity contribution in [3.63, 3.8) is 0 Å². The quantitative estimate of drug-likeness (QED) is 0.649. The molecule has 0 saturated heterocycles. The maximum Gasteiger partial charge on any atom is 0.273 e. The molecule has 104 valence electrons. The van der Waals surface area contributed by atoms with Crippen molar-refractivity contribution in [2.24, 2.45) is 0 Å². The fraction of sp³-hybridized carbons (Fsp3) is 0.143. The van der Waals surface area contributed by atoms with Crippen LogP contribution in [0.1, 0.15) is 5.56 Å². The summed E-state index contributed by atoms with van der Waals surface area (Å²) in [7, 11) is 1.71. The average Bonchev–Trinajstić information content (AvgIpc) is 2.42. The van der Waals surface area contributed by atoms with Gasteiger partial charge in [-0.25, -0.2) is 0 Å². The van der Waals surface area contributed by atoms with E-state index in [1.807, 2.05) is 19.1 Å². The number of nitrogens with one attached hydrogen (secondary N) is 2. The molecular formula is C14H14ClN3O2. The van der Waals surface area contributed by atoms with Crippen LogP contribution in [0.25, 0.3) is 0 Å². The summed E-state index contributed by atoms with van der Waals surface area (Å²) >= 11 is 6.11. The third kappa shape index (κ3) is 3.19. The van der Waals surface area contributed by atoms with E-state index in [2.05, 4.69) is 10.6 Å². The second-order valence-corrected chi connectivity index (χ2v) is 4.79. The molecular weight excluding hydrogens is 278 g/mol. The third-order valence-electron chi connectivity index (χ3n) is 2.82. The normalized spacial score (nSPS) is 10.2. The van der Waals surface area contributed by atoms with Gasteiger partial charge in [0.15, 0.2) is 0 Å². The van der Waals surface area contributed by atoms with Crippen molar-refractivity contribution in [3.8, 4) is 0 Å². The number of rotatable bonds is 4. The predicted molar refractivity (Wildman–Crippen MR) is 82.1 cm³/mol. The lowest BCUT2D eigenvalue weighted by Gasteiger charge is -2.11. The molecule has 0 aliphatic heterocycles. The highest BCUT2D eigenvalue weighted by Crippen LogP contribution is 2.30. The predicted octanol–water partition coefficient (Wildman–Crippen LogP) is 4.34. The number of halogens is 1. The highest BCUT2D eigenvalue weighted by Gasteiger charge is 2.10. The van der Waals surface area contributed by atoms with E-state index in [9.17, 15) is 10.1 Å². The number of aryl methyl sites for hydroxylation is 1. The summed E-state index contributed by atoms with van der Waals surface area (Å²) in [6, 6.07) is 10.3. The van der Waals surface area contributed by atoms with Gasteiger partial charge in [0.25, 0.3) is 5.69 Å². The van der Waals surface area contributed by atoms with Crippen molar-refractivity contribution < 1.29 is 4.92 Å². The van der Waals surface area contributed by atoms with Gasteiger partial charge < -0.3 is 10.6 Å². The van der Waals surface area contributed by atoms with Gasteiger partial charge in [-0.1, -0.05) is 17.7 Å². The van der Waals surface area contributed by atoms with Crippen LogP contribution >= 0.6 is 11.6 Å². The van der Waals surface area contributed by atoms with Crippen molar-refractivity contribution in [1.29, 1.82) is 0 Å². The molecule has 0 spiro atoms. The van der Waals surface area contributed by atoms with Crippen LogP contribution in [0.4, 0.5) is 22.7 Å². The number of nitro groups is 1. The maximum atomic E-state index is 10.9. The standard InChI is InChI=1S/C14H14ClN3O2/c1-9-3-4-13(15)14(5-9)17-11-6-10(16-2)7-12(8-11)18(19)20/h3-8,16-17H,1-2H3. The summed E-state index contributed by atoms with van der Waals surface area (Å²) in [5.41, 5.74) is 3.05. The summed E-state index contributed by atoms with van der Waals surface area (Å²) in [4.78, 5) is 10.5. The Morgan fingerprint density at radius 2 is 1.85 bits per heavy atom. The molecule has 2 N–H and O–H groups in total. The van der Waals surface area contributed by atoms with E-state index in [0.29, 0.717) is 22.1 Å². The highest BCUT2D eigenvalue weighted by atomic mass is 35.5. The summed E-state index contributed by atoms with van der Waals surface area (Å²) < 4.78 is 0. The SMILES string of the molecule is CNc1cc(Nc2cc(C)ccc2Cl)cc([N+](=O)[O-])c1. The number of non-ortho nitro benzene ring substituents is 1. The molecule has 0 radical (unpaired) electrons. The molecule has 0 amide bonds. The Labute approximate surface area is 121 Å². The minimum atomic E-state index is -0.427. The first-order valence-corrected chi connectivity index (χ1v) is 6.38. The van der Waals surface area contributed by atoms with Gasteiger partial charge in [0.05, 0.1) is 15.6 Å². The smallest absolute Gasteiger partial charge is 0.273 e. The van der Waals surface area contributed by atoms with Gasteiger partial charge in [0, 0.05) is 30.6 Å². The van der Waals surface area contributed by atoms with Crippen molar-refractivity contribution >= 4 is 34.4 Å². The van der Waals surface area contributed by atoms with Crippen LogP contribution in [-0.4, -0.2) is 12.0 Å². The maximum absolute atomic E-state index is 10.9. The number of benzene rings is 2. The number of nitrogens with zero attached hydrogens (tertiary/aromatic N) is 1. The fourth-order valence-corrected chi connectivity index (χ4v) is 1.99. The second-order valence-electron chi connectivity index (χ2n) is 4.38. The number of nitro benzene ring substituents is 1. The Balaban J connectivity index is 2.39. The molecule has 2 rings (SSSR count). The van der Waals surface area contributed by atoms with Crippen LogP contribution in [0.2, 0.25) is 5.02 Å². The van der Waals surface area contributed by atoms with E-state index in [4.69, 9.17) is 11.6 Å². The van der Waals surface area contributed by atoms with Crippen LogP contribution < -0.4 is 10.6 Å². The molecule has 6 heteroatoms. The van der Waals surface area contributed by atoms with Gasteiger partial charge in [-0.15, -0.1) is 0 Å². The van der Waals surface area contributed by atoms with Gasteiger partial charge in [-0.3, -0.25) is 10.1 Å². The molecule has 0 aliphatic carbocycles. The van der Waals surface area contributed by atoms with Crippen molar-refractivity contribution in [1.82, 2.24) is 0 Å². The average molecular weight is 292 g/mol. The largest absolute Gasteiger partial charge is 0.388 e. The third-order valence-corrected chi connectivity index (χ3v) is 3.15. The molecule has 0 bridgehead atoms. The molecule has 0 aliphatic rings. The Hall–Kier alpha value is -2.27. The number of anilines is 3. The Morgan fingerprint density at radius 3 is 2.50 bits per heavy atom. The van der Waals surface area contributed by atoms with E-state index in [1.165, 1.54) is 12.1 Å². The minimum Gasteiger partial charge on any atom is -0.388 e. The molecule has 2 aromatic rings. The van der Waals surface area contributed by atoms with E-state index in [1.54, 1.807) is 19.2 Å². The zero-order chi connectivity index (χ0) is 14.7. The molecule has 0 unspecified atom stereocenters. The first-order valence-electron chi connectivity index (χ1n) is 6.00. The zero-order valence-electron chi connectivity index (χ0n) is 11.1. The Morgan fingerprint density at radius 1 is 1.15 bits per heavy atom. The van der Waals surface area contributed by atoms with Gasteiger partial charge in [0.2, 0.25) is 0 Å². The molecule has 0 heterocycles. The van der Waals surface area contributed by atoms with Crippen molar-refractivity contribution in [3.05, 3.63) is 57.1 Å². The first-order chi connectivity index (χ1) is 9.49. The lowest BCUT2D eigenvalue weighted by atomic mass is 10.2. The van der Waals surface area contributed by atoms with Gasteiger partial charge in [-0.05, 0) is 30.7 Å². The second kappa shape index (κ2) is 5.79. The molecule has 20 heavy (non-hydrogen) atoms. The monoisotopic (exact) mass is 291 g/mol. The van der Waals surface area contributed by atoms with Gasteiger partial charge >= 0.3 is 0 Å². The van der Waals surface area contributed by atoms with Crippen LogP contribution in [0.3, 0.4) is 0 Å². The van der Waals surface area contributed by atoms with Crippen molar-refractivity contribution in [2.75, 3.05) is 17.7 Å². The van der Waals surface area contributed by atoms with E-state index in [-0.39, 0.29) is 5.69 Å². The number of hydrogen-bond acceptors (Lipinski definition) is 4. The summed E-state index contributed by atoms with van der Waals surface area (Å²) in [5, 5.41) is 17.5. The Kier molecular flexibility index (Phi) is 4.10. The van der Waals surface area contributed by atoms with Gasteiger partial charge in [0.1, 0.15) is 0 Å². The summed E-state index contributed by atoms with van der Waals surface area (Å²) in [5.74, 6) is 0. The summed E-state index contributed by atoms with van der Waals surface area (Å²) in [6.07, 6.45) is 0. The van der Waals surface area contributed by atoms with E-state index in [0.717, 1.165) is 5.56 Å². The van der Waals surface area contributed by atoms with Crippen LogP contribution in [0.5, 0.6) is 0 Å². The topological polar surface area (TPSA) is 67.2 Å². The van der Waals surface area contributed by atoms with Crippen molar-refractivity contribution in [2.45, 2.75) is 6.92 Å². The molecule has 0 fully saturated rings. The van der Waals surface area contributed by atoms with Gasteiger partial charge in [-0.2, -0.15) is 0 Å². The highest BCUT2D eigenvalue weighted by molar-refractivity contribution is 6.33. The molecule has 0 atom stereocenters. The first kappa shape index (κ1) is 14.1. The lowest BCUT2D eigenvalue weighted by Crippen LogP contribution is -1.97. The zero-order valence-corrected chi connectivity index (χ0v) is 11.9. The summed E-state index contributed by atoms with van der Waals surface area (Å²) in [6.45, 7) is 1.95. The fourth-order valence-electron chi connectivity index (χ4n) is 1.82. The van der Waals surface area contributed by atoms with Crippen LogP contribution in [0.15, 0.2) is 36.4 Å².